The average Bonchev–Trinajstić information content (AvgIpc) is 2.86. The lowest BCUT2D eigenvalue weighted by Crippen LogP contribution is -1.98. The highest BCUT2D eigenvalue weighted by molar-refractivity contribution is 7.26. The van der Waals surface area contributed by atoms with Crippen molar-refractivity contribution in [3.8, 4) is 5.75 Å². The fourth-order valence-electron chi connectivity index (χ4n) is 2.49. The molecule has 3 nitrogen and oxygen atoms in total. The van der Waals surface area contributed by atoms with E-state index in [1.807, 2.05) is 36.4 Å². The van der Waals surface area contributed by atoms with E-state index in [1.165, 1.54) is 0 Å². The Labute approximate surface area is 118 Å². The number of methoxy groups -OCH3 is 1. The molecule has 0 fully saturated rings. The molecule has 0 aliphatic heterocycles. The molecule has 0 radical (unpaired) electrons. The van der Waals surface area contributed by atoms with Crippen molar-refractivity contribution in [2.24, 2.45) is 0 Å². The lowest BCUT2D eigenvalue weighted by Gasteiger charge is -2.02. The van der Waals surface area contributed by atoms with Gasteiger partial charge in [-0.2, -0.15) is 0 Å². The van der Waals surface area contributed by atoms with E-state index >= 15 is 0 Å². The summed E-state index contributed by atoms with van der Waals surface area (Å²) in [5, 5.41) is 2.57. The van der Waals surface area contributed by atoms with Crippen LogP contribution >= 0.6 is 11.3 Å². The van der Waals surface area contributed by atoms with Gasteiger partial charge in [-0.05, 0) is 18.2 Å². The summed E-state index contributed by atoms with van der Waals surface area (Å²) >= 11 is 1.62. The molecule has 98 valence electrons. The summed E-state index contributed by atoms with van der Waals surface area (Å²) in [4.78, 5) is 12.3. The maximum atomic E-state index is 12.3. The van der Waals surface area contributed by atoms with Gasteiger partial charge in [-0.3, -0.25) is 0 Å². The quantitative estimate of drug-likeness (QED) is 0.492. The first-order chi connectivity index (χ1) is 9.78. The van der Waals surface area contributed by atoms with Gasteiger partial charge in [0.05, 0.1) is 17.2 Å². The van der Waals surface area contributed by atoms with Crippen LogP contribution in [0.2, 0.25) is 0 Å². The second kappa shape index (κ2) is 4.08. The third-order valence-corrected chi connectivity index (χ3v) is 4.64. The Hall–Kier alpha value is -2.33. The molecule has 4 heteroatoms. The van der Waals surface area contributed by atoms with Gasteiger partial charge in [-0.25, -0.2) is 4.79 Å². The molecule has 0 aliphatic rings. The summed E-state index contributed by atoms with van der Waals surface area (Å²) in [6.45, 7) is 0. The second-order valence-electron chi connectivity index (χ2n) is 4.55. The van der Waals surface area contributed by atoms with Crippen molar-refractivity contribution in [1.29, 1.82) is 0 Å². The summed E-state index contributed by atoms with van der Waals surface area (Å²) in [5.41, 5.74) is 0.270. The molecule has 0 atom stereocenters. The van der Waals surface area contributed by atoms with E-state index in [1.54, 1.807) is 24.5 Å². The zero-order chi connectivity index (χ0) is 13.7. The molecule has 2 aromatic carbocycles. The zero-order valence-corrected chi connectivity index (χ0v) is 11.5. The summed E-state index contributed by atoms with van der Waals surface area (Å²) in [5.74, 6) is 0.682. The SMILES string of the molecule is COc1ccc2c(c1)oc(=O)c1c3ccccc3sc21. The molecule has 4 aromatic rings. The Morgan fingerprint density at radius 1 is 1.10 bits per heavy atom. The minimum Gasteiger partial charge on any atom is -0.497 e. The maximum Gasteiger partial charge on any atom is 0.345 e. The molecule has 0 spiro atoms. The summed E-state index contributed by atoms with van der Waals surface area (Å²) in [6, 6.07) is 13.5. The fourth-order valence-corrected chi connectivity index (χ4v) is 3.71. The molecule has 0 bridgehead atoms. The topological polar surface area (TPSA) is 39.4 Å². The van der Waals surface area contributed by atoms with Gasteiger partial charge in [0.2, 0.25) is 0 Å². The van der Waals surface area contributed by atoms with Crippen molar-refractivity contribution in [3.05, 3.63) is 52.9 Å². The Morgan fingerprint density at radius 3 is 2.80 bits per heavy atom. The summed E-state index contributed by atoms with van der Waals surface area (Å²) in [7, 11) is 1.59. The summed E-state index contributed by atoms with van der Waals surface area (Å²) in [6.07, 6.45) is 0. The van der Waals surface area contributed by atoms with Crippen molar-refractivity contribution >= 4 is 42.5 Å². The number of fused-ring (bicyclic) bond motifs is 5. The van der Waals surface area contributed by atoms with Crippen LogP contribution in [0.3, 0.4) is 0 Å². The average molecular weight is 282 g/mol. The minimum absolute atomic E-state index is 0.293. The van der Waals surface area contributed by atoms with Crippen molar-refractivity contribution < 1.29 is 9.15 Å². The van der Waals surface area contributed by atoms with E-state index in [4.69, 9.17) is 9.15 Å². The van der Waals surface area contributed by atoms with Crippen LogP contribution in [-0.4, -0.2) is 7.11 Å². The lowest BCUT2D eigenvalue weighted by molar-refractivity contribution is 0.414. The van der Waals surface area contributed by atoms with Gasteiger partial charge in [0.25, 0.3) is 0 Å². The Kier molecular flexibility index (Phi) is 2.35. The van der Waals surface area contributed by atoms with E-state index in [0.717, 1.165) is 20.2 Å². The van der Waals surface area contributed by atoms with Crippen molar-refractivity contribution in [1.82, 2.24) is 0 Å². The molecule has 2 aromatic heterocycles. The van der Waals surface area contributed by atoms with Crippen LogP contribution in [0.4, 0.5) is 0 Å². The van der Waals surface area contributed by atoms with Gasteiger partial charge in [0.15, 0.2) is 0 Å². The zero-order valence-electron chi connectivity index (χ0n) is 10.7. The van der Waals surface area contributed by atoms with Gasteiger partial charge in [0, 0.05) is 21.5 Å². The molecule has 20 heavy (non-hydrogen) atoms. The molecule has 2 heterocycles. The van der Waals surface area contributed by atoms with Crippen LogP contribution < -0.4 is 10.4 Å². The molecule has 0 unspecified atom stereocenters. The van der Waals surface area contributed by atoms with Gasteiger partial charge < -0.3 is 9.15 Å². The van der Waals surface area contributed by atoms with Crippen molar-refractivity contribution in [2.45, 2.75) is 0 Å². The Morgan fingerprint density at radius 2 is 1.95 bits per heavy atom. The molecule has 0 saturated carbocycles. The monoisotopic (exact) mass is 282 g/mol. The van der Waals surface area contributed by atoms with Crippen LogP contribution in [0.15, 0.2) is 51.7 Å². The first-order valence-electron chi connectivity index (χ1n) is 6.20. The van der Waals surface area contributed by atoms with E-state index in [-0.39, 0.29) is 5.63 Å². The number of benzene rings is 2. The third kappa shape index (κ3) is 1.48. The van der Waals surface area contributed by atoms with Crippen molar-refractivity contribution in [3.63, 3.8) is 0 Å². The highest BCUT2D eigenvalue weighted by Crippen LogP contribution is 2.36. The molecular formula is C16H10O3S. The highest BCUT2D eigenvalue weighted by Gasteiger charge is 2.14. The normalized spacial score (nSPS) is 11.4. The Bertz CT molecular complexity index is 1010. The van der Waals surface area contributed by atoms with E-state index < -0.39 is 0 Å². The Balaban J connectivity index is 2.27. The van der Waals surface area contributed by atoms with E-state index in [0.29, 0.717) is 16.7 Å². The second-order valence-corrected chi connectivity index (χ2v) is 5.61. The fraction of sp³-hybridized carbons (Fsp3) is 0.0625. The third-order valence-electron chi connectivity index (χ3n) is 3.44. The van der Waals surface area contributed by atoms with Crippen LogP contribution in [0, 0.1) is 0 Å². The predicted molar refractivity (Wildman–Crippen MR) is 81.9 cm³/mol. The van der Waals surface area contributed by atoms with Crippen LogP contribution in [0.25, 0.3) is 31.1 Å². The van der Waals surface area contributed by atoms with Crippen molar-refractivity contribution in [2.75, 3.05) is 7.11 Å². The summed E-state index contributed by atoms with van der Waals surface area (Å²) < 4.78 is 12.7. The highest BCUT2D eigenvalue weighted by atomic mass is 32.1. The van der Waals surface area contributed by atoms with Gasteiger partial charge in [-0.15, -0.1) is 11.3 Å². The standard InChI is InChI=1S/C16H10O3S/c1-18-9-6-7-10-12(8-9)19-16(17)14-11-4-2-3-5-13(11)20-15(10)14/h2-8H,1H3. The smallest absolute Gasteiger partial charge is 0.345 e. The van der Waals surface area contributed by atoms with Gasteiger partial charge in [0.1, 0.15) is 11.3 Å². The predicted octanol–water partition coefficient (Wildman–Crippen LogP) is 4.17. The van der Waals surface area contributed by atoms with Gasteiger partial charge >= 0.3 is 5.63 Å². The van der Waals surface area contributed by atoms with E-state index in [9.17, 15) is 4.79 Å². The minimum atomic E-state index is -0.293. The number of thiophene rings is 1. The first-order valence-corrected chi connectivity index (χ1v) is 7.01. The molecule has 0 N–H and O–H groups in total. The maximum absolute atomic E-state index is 12.3. The first kappa shape index (κ1) is 11.5. The molecule has 0 aliphatic carbocycles. The van der Waals surface area contributed by atoms with E-state index in [2.05, 4.69) is 0 Å². The van der Waals surface area contributed by atoms with Crippen LogP contribution in [-0.2, 0) is 0 Å². The number of rotatable bonds is 1. The number of hydrogen-bond acceptors (Lipinski definition) is 4. The lowest BCUT2D eigenvalue weighted by atomic mass is 10.1. The molecule has 0 saturated heterocycles. The van der Waals surface area contributed by atoms with Crippen LogP contribution in [0.5, 0.6) is 5.75 Å². The number of ether oxygens (including phenoxy) is 1. The number of hydrogen-bond donors (Lipinski definition) is 0. The molecule has 4 rings (SSSR count). The largest absolute Gasteiger partial charge is 0.497 e. The van der Waals surface area contributed by atoms with Crippen LogP contribution in [0.1, 0.15) is 0 Å². The van der Waals surface area contributed by atoms with Gasteiger partial charge in [-0.1, -0.05) is 18.2 Å². The molecular weight excluding hydrogens is 272 g/mol. The molecule has 0 amide bonds.